The van der Waals surface area contributed by atoms with Gasteiger partial charge in [0.25, 0.3) is 0 Å². The van der Waals surface area contributed by atoms with Crippen LogP contribution in [0.2, 0.25) is 0 Å². The van der Waals surface area contributed by atoms with Crippen LogP contribution in [0.3, 0.4) is 0 Å². The third kappa shape index (κ3) is 3.32. The standard InChI is InChI=1S/C20H23N5O/c1-15-19(16(2)25(23-15)14-17-6-4-3-5-7-17)18-12-21-20(22-13-18)24-8-10-26-11-9-24/h3-7,12-13H,8-11,14H2,1-2H3. The highest BCUT2D eigenvalue weighted by Crippen LogP contribution is 2.27. The van der Waals surface area contributed by atoms with Crippen molar-refractivity contribution in [1.29, 1.82) is 0 Å². The topological polar surface area (TPSA) is 56.1 Å². The molecule has 0 aliphatic carbocycles. The van der Waals surface area contributed by atoms with Crippen molar-refractivity contribution in [1.82, 2.24) is 19.7 Å². The Morgan fingerprint density at radius 2 is 1.69 bits per heavy atom. The Kier molecular flexibility index (Phi) is 4.67. The van der Waals surface area contributed by atoms with E-state index in [0.29, 0.717) is 0 Å². The molecular formula is C20H23N5O. The molecule has 6 nitrogen and oxygen atoms in total. The lowest BCUT2D eigenvalue weighted by molar-refractivity contribution is 0.122. The number of morpholine rings is 1. The number of benzene rings is 1. The Balaban J connectivity index is 1.59. The number of hydrogen-bond donors (Lipinski definition) is 0. The maximum Gasteiger partial charge on any atom is 0.225 e. The molecule has 1 aliphatic rings. The Hall–Kier alpha value is -2.73. The largest absolute Gasteiger partial charge is 0.378 e. The van der Waals surface area contributed by atoms with Crippen molar-refractivity contribution < 1.29 is 4.74 Å². The minimum atomic E-state index is 0.732. The number of ether oxygens (including phenoxy) is 1. The minimum absolute atomic E-state index is 0.732. The zero-order chi connectivity index (χ0) is 17.9. The van der Waals surface area contributed by atoms with Gasteiger partial charge in [-0.1, -0.05) is 30.3 Å². The second-order valence-corrected chi connectivity index (χ2v) is 6.56. The molecule has 1 aliphatic heterocycles. The minimum Gasteiger partial charge on any atom is -0.378 e. The van der Waals surface area contributed by atoms with Crippen LogP contribution in [0, 0.1) is 13.8 Å². The lowest BCUT2D eigenvalue weighted by Gasteiger charge is -2.26. The van der Waals surface area contributed by atoms with Crippen LogP contribution in [0.4, 0.5) is 5.95 Å². The fourth-order valence-electron chi connectivity index (χ4n) is 3.40. The summed E-state index contributed by atoms with van der Waals surface area (Å²) in [5.41, 5.74) is 5.50. The van der Waals surface area contributed by atoms with Gasteiger partial charge in [-0.25, -0.2) is 9.97 Å². The van der Waals surface area contributed by atoms with Crippen LogP contribution in [-0.2, 0) is 11.3 Å². The first-order valence-electron chi connectivity index (χ1n) is 8.95. The fraction of sp³-hybridized carbons (Fsp3) is 0.350. The maximum absolute atomic E-state index is 5.39. The summed E-state index contributed by atoms with van der Waals surface area (Å²) in [6, 6.07) is 10.4. The van der Waals surface area contributed by atoms with Gasteiger partial charge >= 0.3 is 0 Å². The number of aryl methyl sites for hydroxylation is 1. The number of hydrogen-bond acceptors (Lipinski definition) is 5. The SMILES string of the molecule is Cc1nn(Cc2ccccc2)c(C)c1-c1cnc(N2CCOCC2)nc1. The Bertz CT molecular complexity index is 867. The van der Waals surface area contributed by atoms with Crippen LogP contribution in [0.25, 0.3) is 11.1 Å². The molecule has 3 aromatic rings. The normalized spacial score (nSPS) is 14.6. The second kappa shape index (κ2) is 7.25. The molecule has 1 aromatic carbocycles. The molecule has 0 N–H and O–H groups in total. The van der Waals surface area contributed by atoms with Gasteiger partial charge < -0.3 is 9.64 Å². The molecule has 0 atom stereocenters. The van der Waals surface area contributed by atoms with E-state index in [1.54, 1.807) is 0 Å². The van der Waals surface area contributed by atoms with Crippen molar-refractivity contribution in [2.24, 2.45) is 0 Å². The van der Waals surface area contributed by atoms with E-state index in [0.717, 1.165) is 61.3 Å². The molecular weight excluding hydrogens is 326 g/mol. The van der Waals surface area contributed by atoms with E-state index >= 15 is 0 Å². The highest BCUT2D eigenvalue weighted by molar-refractivity contribution is 5.67. The van der Waals surface area contributed by atoms with E-state index in [-0.39, 0.29) is 0 Å². The number of anilines is 1. The summed E-state index contributed by atoms with van der Waals surface area (Å²) in [5.74, 6) is 0.768. The quantitative estimate of drug-likeness (QED) is 0.725. The zero-order valence-electron chi connectivity index (χ0n) is 15.2. The molecule has 6 heteroatoms. The molecule has 134 valence electrons. The van der Waals surface area contributed by atoms with Gasteiger partial charge in [0.2, 0.25) is 5.95 Å². The van der Waals surface area contributed by atoms with Gasteiger partial charge in [-0.3, -0.25) is 4.68 Å². The predicted octanol–water partition coefficient (Wildman–Crippen LogP) is 2.84. The lowest BCUT2D eigenvalue weighted by atomic mass is 10.1. The first-order chi connectivity index (χ1) is 12.7. The van der Waals surface area contributed by atoms with Crippen LogP contribution in [0.5, 0.6) is 0 Å². The molecule has 0 amide bonds. The summed E-state index contributed by atoms with van der Waals surface area (Å²) < 4.78 is 7.44. The van der Waals surface area contributed by atoms with E-state index in [4.69, 9.17) is 9.84 Å². The van der Waals surface area contributed by atoms with Crippen LogP contribution >= 0.6 is 0 Å². The Labute approximate surface area is 153 Å². The van der Waals surface area contributed by atoms with Crippen LogP contribution < -0.4 is 4.90 Å². The van der Waals surface area contributed by atoms with Gasteiger partial charge in [-0.2, -0.15) is 5.10 Å². The molecule has 0 unspecified atom stereocenters. The molecule has 1 saturated heterocycles. The Morgan fingerprint density at radius 3 is 2.38 bits per heavy atom. The number of aromatic nitrogens is 4. The molecule has 4 rings (SSSR count). The van der Waals surface area contributed by atoms with Crippen LogP contribution in [0.15, 0.2) is 42.7 Å². The van der Waals surface area contributed by atoms with Crippen molar-refractivity contribution in [3.05, 3.63) is 59.7 Å². The second-order valence-electron chi connectivity index (χ2n) is 6.56. The summed E-state index contributed by atoms with van der Waals surface area (Å²) >= 11 is 0. The van der Waals surface area contributed by atoms with E-state index in [1.807, 2.05) is 25.4 Å². The predicted molar refractivity (Wildman–Crippen MR) is 101 cm³/mol. The smallest absolute Gasteiger partial charge is 0.225 e. The van der Waals surface area contributed by atoms with Gasteiger partial charge in [0.15, 0.2) is 0 Å². The fourth-order valence-corrected chi connectivity index (χ4v) is 3.40. The summed E-state index contributed by atoms with van der Waals surface area (Å²) in [4.78, 5) is 11.3. The van der Waals surface area contributed by atoms with Crippen molar-refractivity contribution in [3.8, 4) is 11.1 Å². The maximum atomic E-state index is 5.39. The zero-order valence-corrected chi connectivity index (χ0v) is 15.2. The molecule has 0 saturated carbocycles. The van der Waals surface area contributed by atoms with E-state index in [2.05, 4.69) is 50.7 Å². The summed E-state index contributed by atoms with van der Waals surface area (Å²) in [6.45, 7) is 8.05. The van der Waals surface area contributed by atoms with Gasteiger partial charge in [-0.15, -0.1) is 0 Å². The molecule has 0 bridgehead atoms. The average molecular weight is 349 g/mol. The highest BCUT2D eigenvalue weighted by atomic mass is 16.5. The first kappa shape index (κ1) is 16.7. The highest BCUT2D eigenvalue weighted by Gasteiger charge is 2.17. The molecule has 2 aromatic heterocycles. The molecule has 1 fully saturated rings. The van der Waals surface area contributed by atoms with Gasteiger partial charge in [0.05, 0.1) is 25.5 Å². The number of nitrogens with zero attached hydrogens (tertiary/aromatic N) is 5. The average Bonchev–Trinajstić information content (AvgIpc) is 2.97. The molecule has 0 spiro atoms. The summed E-state index contributed by atoms with van der Waals surface area (Å²) in [5, 5.41) is 4.73. The Morgan fingerprint density at radius 1 is 1.00 bits per heavy atom. The molecule has 3 heterocycles. The molecule has 26 heavy (non-hydrogen) atoms. The third-order valence-electron chi connectivity index (χ3n) is 4.78. The summed E-state index contributed by atoms with van der Waals surface area (Å²) in [7, 11) is 0. The van der Waals surface area contributed by atoms with Crippen LogP contribution in [-0.4, -0.2) is 46.1 Å². The van der Waals surface area contributed by atoms with Crippen molar-refractivity contribution >= 4 is 5.95 Å². The monoisotopic (exact) mass is 349 g/mol. The summed E-state index contributed by atoms with van der Waals surface area (Å²) in [6.07, 6.45) is 3.81. The van der Waals surface area contributed by atoms with E-state index < -0.39 is 0 Å². The molecule has 0 radical (unpaired) electrons. The van der Waals surface area contributed by atoms with Crippen LogP contribution in [0.1, 0.15) is 17.0 Å². The lowest BCUT2D eigenvalue weighted by Crippen LogP contribution is -2.37. The van der Waals surface area contributed by atoms with Gasteiger partial charge in [0.1, 0.15) is 0 Å². The van der Waals surface area contributed by atoms with E-state index in [9.17, 15) is 0 Å². The van der Waals surface area contributed by atoms with Crippen molar-refractivity contribution in [3.63, 3.8) is 0 Å². The van der Waals surface area contributed by atoms with Crippen molar-refractivity contribution in [2.45, 2.75) is 20.4 Å². The first-order valence-corrected chi connectivity index (χ1v) is 8.95. The number of rotatable bonds is 4. The third-order valence-corrected chi connectivity index (χ3v) is 4.78. The van der Waals surface area contributed by atoms with Gasteiger partial charge in [-0.05, 0) is 19.4 Å². The van der Waals surface area contributed by atoms with E-state index in [1.165, 1.54) is 5.56 Å². The van der Waals surface area contributed by atoms with Crippen molar-refractivity contribution in [2.75, 3.05) is 31.2 Å². The van der Waals surface area contributed by atoms with Gasteiger partial charge in [0, 0.05) is 42.3 Å².